The number of hydrogen-bond donors (Lipinski definition) is 0. The molecular formula is C26H31N3O5. The molecule has 2 aromatic carbocycles. The molecule has 2 aromatic rings. The smallest absolute Gasteiger partial charge is 0.257 e. The summed E-state index contributed by atoms with van der Waals surface area (Å²) in [6.45, 7) is 3.11. The van der Waals surface area contributed by atoms with Crippen molar-refractivity contribution in [2.45, 2.75) is 31.1 Å². The number of hydrazone groups is 1. The van der Waals surface area contributed by atoms with Crippen LogP contribution < -0.4 is 9.47 Å². The van der Waals surface area contributed by atoms with Crippen LogP contribution in [0, 0.1) is 0 Å². The number of rotatable bonds is 6. The van der Waals surface area contributed by atoms with Crippen molar-refractivity contribution in [2.24, 2.45) is 5.10 Å². The maximum Gasteiger partial charge on any atom is 0.257 e. The maximum absolute atomic E-state index is 13.6. The molecule has 2 saturated heterocycles. The van der Waals surface area contributed by atoms with Crippen molar-refractivity contribution in [3.8, 4) is 11.5 Å². The molecule has 180 valence electrons. The Balaban J connectivity index is 1.37. The van der Waals surface area contributed by atoms with E-state index in [2.05, 4.69) is 4.90 Å². The maximum atomic E-state index is 13.6. The van der Waals surface area contributed by atoms with Gasteiger partial charge in [0.1, 0.15) is 11.5 Å². The van der Waals surface area contributed by atoms with Gasteiger partial charge in [0, 0.05) is 44.0 Å². The Hall–Kier alpha value is -2.94. The highest BCUT2D eigenvalue weighted by Gasteiger charge is 2.41. The number of ether oxygens (including phenoxy) is 4. The summed E-state index contributed by atoms with van der Waals surface area (Å²) in [4.78, 5) is 15.7. The molecule has 0 aliphatic carbocycles. The van der Waals surface area contributed by atoms with Crippen molar-refractivity contribution in [3.05, 3.63) is 59.7 Å². The lowest BCUT2D eigenvalue weighted by Gasteiger charge is -2.37. The van der Waals surface area contributed by atoms with Crippen LogP contribution in [0.25, 0.3) is 0 Å². The number of methoxy groups -OCH3 is 2. The Bertz CT molecular complexity index is 1040. The van der Waals surface area contributed by atoms with E-state index in [1.807, 2.05) is 48.5 Å². The highest BCUT2D eigenvalue weighted by atomic mass is 16.7. The van der Waals surface area contributed by atoms with Gasteiger partial charge in [0.05, 0.1) is 45.7 Å². The predicted molar refractivity (Wildman–Crippen MR) is 127 cm³/mol. The SMILES string of the molecule is COc1ccc(C2CC(c3ccccc3)=NN2C(=O)CN2CCC3(CC2)OCCO3)c(OC)c1. The highest BCUT2D eigenvalue weighted by Crippen LogP contribution is 2.39. The average Bonchev–Trinajstić information content (AvgIpc) is 3.53. The van der Waals surface area contributed by atoms with Crippen LogP contribution in [0.15, 0.2) is 53.6 Å². The molecule has 34 heavy (non-hydrogen) atoms. The second kappa shape index (κ2) is 9.74. The molecule has 1 spiro atoms. The Morgan fingerprint density at radius 3 is 2.47 bits per heavy atom. The second-order valence-electron chi connectivity index (χ2n) is 8.86. The van der Waals surface area contributed by atoms with Crippen molar-refractivity contribution in [1.82, 2.24) is 9.91 Å². The Labute approximate surface area is 200 Å². The van der Waals surface area contributed by atoms with Crippen molar-refractivity contribution >= 4 is 11.6 Å². The summed E-state index contributed by atoms with van der Waals surface area (Å²) in [5.41, 5.74) is 2.82. The van der Waals surface area contributed by atoms with Gasteiger partial charge in [-0.05, 0) is 17.7 Å². The topological polar surface area (TPSA) is 72.8 Å². The molecule has 5 rings (SSSR count). The fourth-order valence-corrected chi connectivity index (χ4v) is 4.98. The van der Waals surface area contributed by atoms with E-state index in [-0.39, 0.29) is 11.9 Å². The minimum atomic E-state index is -0.454. The summed E-state index contributed by atoms with van der Waals surface area (Å²) in [6, 6.07) is 15.5. The number of carbonyl (C=O) groups excluding carboxylic acids is 1. The number of piperidine rings is 1. The lowest BCUT2D eigenvalue weighted by atomic mass is 9.97. The number of benzene rings is 2. The summed E-state index contributed by atoms with van der Waals surface area (Å²) in [6.07, 6.45) is 2.16. The minimum absolute atomic E-state index is 0.0296. The summed E-state index contributed by atoms with van der Waals surface area (Å²) < 4.78 is 22.7. The van der Waals surface area contributed by atoms with E-state index < -0.39 is 5.79 Å². The molecule has 1 amide bonds. The Morgan fingerprint density at radius 1 is 1.06 bits per heavy atom. The van der Waals surface area contributed by atoms with Gasteiger partial charge < -0.3 is 18.9 Å². The molecule has 0 bridgehead atoms. The van der Waals surface area contributed by atoms with Gasteiger partial charge in [-0.2, -0.15) is 5.10 Å². The molecule has 0 N–H and O–H groups in total. The van der Waals surface area contributed by atoms with Gasteiger partial charge >= 0.3 is 0 Å². The molecule has 3 heterocycles. The molecule has 0 saturated carbocycles. The van der Waals surface area contributed by atoms with Crippen LogP contribution in [-0.2, 0) is 14.3 Å². The third-order valence-electron chi connectivity index (χ3n) is 6.86. The van der Waals surface area contributed by atoms with Crippen LogP contribution in [0.5, 0.6) is 11.5 Å². The van der Waals surface area contributed by atoms with Crippen molar-refractivity contribution in [1.29, 1.82) is 0 Å². The van der Waals surface area contributed by atoms with E-state index in [9.17, 15) is 4.79 Å². The van der Waals surface area contributed by atoms with E-state index in [0.29, 0.717) is 37.7 Å². The summed E-state index contributed by atoms with van der Waals surface area (Å²) in [7, 11) is 3.26. The summed E-state index contributed by atoms with van der Waals surface area (Å²) in [5, 5.41) is 6.45. The number of carbonyl (C=O) groups is 1. The molecule has 8 nitrogen and oxygen atoms in total. The minimum Gasteiger partial charge on any atom is -0.497 e. The third kappa shape index (κ3) is 4.53. The van der Waals surface area contributed by atoms with E-state index >= 15 is 0 Å². The first-order valence-corrected chi connectivity index (χ1v) is 11.8. The van der Waals surface area contributed by atoms with E-state index in [0.717, 1.165) is 42.8 Å². The molecule has 1 unspecified atom stereocenters. The fraction of sp³-hybridized carbons (Fsp3) is 0.462. The van der Waals surface area contributed by atoms with Gasteiger partial charge in [-0.15, -0.1) is 0 Å². The molecule has 3 aliphatic rings. The number of hydrogen-bond acceptors (Lipinski definition) is 7. The Kier molecular flexibility index (Phi) is 6.54. The first-order chi connectivity index (χ1) is 16.6. The zero-order chi connectivity index (χ0) is 23.5. The highest BCUT2D eigenvalue weighted by molar-refractivity contribution is 6.03. The predicted octanol–water partition coefficient (Wildman–Crippen LogP) is 3.22. The molecular weight excluding hydrogens is 434 g/mol. The van der Waals surface area contributed by atoms with Gasteiger partial charge in [-0.1, -0.05) is 30.3 Å². The van der Waals surface area contributed by atoms with Crippen LogP contribution in [0.4, 0.5) is 0 Å². The molecule has 8 heteroatoms. The summed E-state index contributed by atoms with van der Waals surface area (Å²) >= 11 is 0. The number of likely N-dealkylation sites (tertiary alicyclic amines) is 1. The lowest BCUT2D eigenvalue weighted by molar-refractivity contribution is -0.186. The molecule has 2 fully saturated rings. The molecule has 0 aromatic heterocycles. The zero-order valence-corrected chi connectivity index (χ0v) is 19.7. The Morgan fingerprint density at radius 2 is 1.79 bits per heavy atom. The zero-order valence-electron chi connectivity index (χ0n) is 19.7. The van der Waals surface area contributed by atoms with Crippen molar-refractivity contribution < 1.29 is 23.7 Å². The largest absolute Gasteiger partial charge is 0.497 e. The van der Waals surface area contributed by atoms with E-state index in [1.54, 1.807) is 19.2 Å². The average molecular weight is 466 g/mol. The fourth-order valence-electron chi connectivity index (χ4n) is 4.98. The van der Waals surface area contributed by atoms with Crippen molar-refractivity contribution in [3.63, 3.8) is 0 Å². The quantitative estimate of drug-likeness (QED) is 0.652. The number of amides is 1. The lowest BCUT2D eigenvalue weighted by Crippen LogP contribution is -2.48. The van der Waals surface area contributed by atoms with E-state index in [1.165, 1.54) is 0 Å². The van der Waals surface area contributed by atoms with E-state index in [4.69, 9.17) is 24.0 Å². The summed E-state index contributed by atoms with van der Waals surface area (Å²) in [5.74, 6) is 0.907. The first kappa shape index (κ1) is 22.8. The van der Waals surface area contributed by atoms with Crippen LogP contribution in [0.1, 0.15) is 36.4 Å². The molecule has 3 aliphatic heterocycles. The van der Waals surface area contributed by atoms with Crippen LogP contribution >= 0.6 is 0 Å². The number of nitrogens with zero attached hydrogens (tertiary/aromatic N) is 3. The van der Waals surface area contributed by atoms with Crippen LogP contribution in [0.3, 0.4) is 0 Å². The van der Waals surface area contributed by atoms with Gasteiger partial charge in [0.2, 0.25) is 0 Å². The van der Waals surface area contributed by atoms with Crippen LogP contribution in [0.2, 0.25) is 0 Å². The second-order valence-corrected chi connectivity index (χ2v) is 8.86. The van der Waals surface area contributed by atoms with Crippen molar-refractivity contribution in [2.75, 3.05) is 47.1 Å². The molecule has 1 atom stereocenters. The third-order valence-corrected chi connectivity index (χ3v) is 6.86. The normalized spacial score (nSPS) is 22.1. The van der Waals surface area contributed by atoms with Crippen LogP contribution in [-0.4, -0.2) is 74.4 Å². The van der Waals surface area contributed by atoms with Gasteiger partial charge in [0.25, 0.3) is 5.91 Å². The molecule has 0 radical (unpaired) electrons. The van der Waals surface area contributed by atoms with Gasteiger partial charge in [-0.25, -0.2) is 5.01 Å². The monoisotopic (exact) mass is 465 g/mol. The van der Waals surface area contributed by atoms with Gasteiger partial charge in [0.15, 0.2) is 5.79 Å². The first-order valence-electron chi connectivity index (χ1n) is 11.8. The standard InChI is InChI=1S/C26H31N3O5/c1-31-20-8-9-21(24(16-20)32-2)23-17-22(19-6-4-3-5-7-19)27-29(23)25(30)18-28-12-10-26(11-13-28)33-14-15-34-26/h3-9,16,23H,10-15,17-18H2,1-2H3. The van der Waals surface area contributed by atoms with Gasteiger partial charge in [-0.3, -0.25) is 9.69 Å².